The lowest BCUT2D eigenvalue weighted by atomic mass is 9.88. The molecule has 0 radical (unpaired) electrons. The van der Waals surface area contributed by atoms with Crippen molar-refractivity contribution in [2.75, 3.05) is 12.5 Å². The van der Waals surface area contributed by atoms with Gasteiger partial charge in [0.15, 0.2) is 0 Å². The number of phenolic OH excluding ortho intramolecular Hbond substituents is 1. The Morgan fingerprint density at radius 3 is 2.30 bits per heavy atom. The molecule has 0 heterocycles. The molecule has 3 nitrogen and oxygen atoms in total. The Morgan fingerprint density at radius 2 is 1.74 bits per heavy atom. The normalized spacial score (nSPS) is 10.8. The van der Waals surface area contributed by atoms with Crippen LogP contribution in [0.4, 0.5) is 0 Å². The first-order valence-electron chi connectivity index (χ1n) is 8.56. The van der Waals surface area contributed by atoms with Crippen molar-refractivity contribution in [2.24, 2.45) is 0 Å². The van der Waals surface area contributed by atoms with Gasteiger partial charge in [-0.05, 0) is 62.3 Å². The quantitative estimate of drug-likeness (QED) is 0.387. The van der Waals surface area contributed by atoms with E-state index in [0.29, 0.717) is 24.5 Å². The minimum Gasteiger partial charge on any atom is -0.507 e. The predicted molar refractivity (Wildman–Crippen MR) is 95.8 cm³/mol. The lowest BCUT2D eigenvalue weighted by Gasteiger charge is -2.20. The first-order valence-corrected chi connectivity index (χ1v) is 9.09. The zero-order chi connectivity index (χ0) is 17.4. The van der Waals surface area contributed by atoms with Gasteiger partial charge in [-0.25, -0.2) is 4.79 Å². The summed E-state index contributed by atoms with van der Waals surface area (Å²) in [7, 11) is 0. The molecule has 4 heteroatoms. The number of rotatable bonds is 9. The zero-order valence-corrected chi connectivity index (χ0v) is 15.6. The summed E-state index contributed by atoms with van der Waals surface area (Å²) in [6, 6.07) is 0. The number of carbonyl (C=O) groups excluding carboxylic acids is 1. The molecule has 0 spiro atoms. The summed E-state index contributed by atoms with van der Waals surface area (Å²) in [5.74, 6) is 0.130. The van der Waals surface area contributed by atoms with Gasteiger partial charge in [-0.2, -0.15) is 0 Å². The van der Waals surface area contributed by atoms with Crippen molar-refractivity contribution in [3.63, 3.8) is 0 Å². The van der Waals surface area contributed by atoms with Crippen molar-refractivity contribution < 1.29 is 14.6 Å². The Balaban J connectivity index is 3.28. The van der Waals surface area contributed by atoms with Gasteiger partial charge in [0, 0.05) is 5.88 Å². The Labute approximate surface area is 145 Å². The van der Waals surface area contributed by atoms with Crippen LogP contribution in [0, 0.1) is 13.8 Å². The molecule has 0 amide bonds. The molecule has 130 valence electrons. The summed E-state index contributed by atoms with van der Waals surface area (Å²) in [6.45, 7) is 8.11. The van der Waals surface area contributed by atoms with Gasteiger partial charge in [-0.1, -0.05) is 26.2 Å². The third-order valence-electron chi connectivity index (χ3n) is 4.36. The molecule has 0 saturated carbocycles. The van der Waals surface area contributed by atoms with Crippen molar-refractivity contribution >= 4 is 17.6 Å². The van der Waals surface area contributed by atoms with E-state index in [4.69, 9.17) is 16.3 Å². The van der Waals surface area contributed by atoms with Crippen LogP contribution in [0.5, 0.6) is 5.75 Å². The van der Waals surface area contributed by atoms with Gasteiger partial charge >= 0.3 is 5.97 Å². The number of esters is 1. The third-order valence-corrected chi connectivity index (χ3v) is 4.55. The van der Waals surface area contributed by atoms with Gasteiger partial charge in [0.05, 0.1) is 6.61 Å². The van der Waals surface area contributed by atoms with Crippen molar-refractivity contribution in [3.8, 4) is 5.75 Å². The molecule has 0 atom stereocenters. The highest BCUT2D eigenvalue weighted by atomic mass is 35.5. The molecule has 0 saturated heterocycles. The van der Waals surface area contributed by atoms with E-state index in [-0.39, 0.29) is 5.75 Å². The second-order valence-corrected chi connectivity index (χ2v) is 6.28. The summed E-state index contributed by atoms with van der Waals surface area (Å²) in [5.41, 5.74) is 4.09. The van der Waals surface area contributed by atoms with Crippen LogP contribution in [0.3, 0.4) is 0 Å². The maximum absolute atomic E-state index is 12.3. The van der Waals surface area contributed by atoms with Crippen LogP contribution in [-0.4, -0.2) is 23.6 Å². The summed E-state index contributed by atoms with van der Waals surface area (Å²) in [6.07, 6.45) is 5.96. The Kier molecular flexibility index (Phi) is 8.46. The lowest BCUT2D eigenvalue weighted by molar-refractivity contribution is 0.0522. The van der Waals surface area contributed by atoms with Crippen molar-refractivity contribution in [1.29, 1.82) is 0 Å². The molecule has 1 N–H and O–H groups in total. The first kappa shape index (κ1) is 19.8. The molecule has 0 bridgehead atoms. The number of unbranched alkanes of at least 4 members (excludes halogenated alkanes) is 3. The predicted octanol–water partition coefficient (Wildman–Crippen LogP) is 5.09. The number of halogens is 1. The number of carbonyl (C=O) groups is 1. The van der Waals surface area contributed by atoms with Crippen LogP contribution in [0.25, 0.3) is 0 Å². The number of hydrogen-bond acceptors (Lipinski definition) is 3. The van der Waals surface area contributed by atoms with E-state index >= 15 is 0 Å². The minimum atomic E-state index is -0.451. The fraction of sp³-hybridized carbons (Fsp3) is 0.632. The number of ether oxygens (including phenoxy) is 1. The Hall–Kier alpha value is -1.22. The van der Waals surface area contributed by atoms with E-state index in [9.17, 15) is 9.90 Å². The van der Waals surface area contributed by atoms with Gasteiger partial charge in [-0.3, -0.25) is 0 Å². The number of benzene rings is 1. The maximum atomic E-state index is 12.3. The molecule has 1 aromatic carbocycles. The van der Waals surface area contributed by atoms with Crippen LogP contribution < -0.4 is 0 Å². The molecule has 0 aromatic heterocycles. The van der Waals surface area contributed by atoms with Crippen LogP contribution in [0.2, 0.25) is 0 Å². The number of phenols is 1. The van der Waals surface area contributed by atoms with Gasteiger partial charge < -0.3 is 9.84 Å². The highest BCUT2D eigenvalue weighted by Gasteiger charge is 2.24. The molecule has 0 unspecified atom stereocenters. The van der Waals surface area contributed by atoms with E-state index in [1.165, 1.54) is 12.8 Å². The van der Waals surface area contributed by atoms with Gasteiger partial charge in [0.1, 0.15) is 11.3 Å². The monoisotopic (exact) mass is 340 g/mol. The number of alkyl halides is 1. The number of aromatic hydroxyl groups is 1. The van der Waals surface area contributed by atoms with Crippen molar-refractivity contribution in [2.45, 2.75) is 66.2 Å². The second kappa shape index (κ2) is 9.82. The minimum absolute atomic E-state index is 0.0910. The second-order valence-electron chi connectivity index (χ2n) is 5.90. The molecular weight excluding hydrogens is 312 g/mol. The Morgan fingerprint density at radius 1 is 1.04 bits per heavy atom. The average Bonchev–Trinajstić information content (AvgIpc) is 2.51. The van der Waals surface area contributed by atoms with E-state index < -0.39 is 5.97 Å². The van der Waals surface area contributed by atoms with Crippen molar-refractivity contribution in [3.05, 3.63) is 27.8 Å². The van der Waals surface area contributed by atoms with Crippen molar-refractivity contribution in [1.82, 2.24) is 0 Å². The third kappa shape index (κ3) is 4.87. The largest absolute Gasteiger partial charge is 0.507 e. The molecule has 0 aliphatic carbocycles. The Bertz CT molecular complexity index is 538. The smallest absolute Gasteiger partial charge is 0.342 e. The fourth-order valence-corrected chi connectivity index (χ4v) is 3.27. The topological polar surface area (TPSA) is 46.5 Å². The summed E-state index contributed by atoms with van der Waals surface area (Å²) in [4.78, 5) is 12.3. The summed E-state index contributed by atoms with van der Waals surface area (Å²) < 4.78 is 5.13. The van der Waals surface area contributed by atoms with Crippen LogP contribution in [0.15, 0.2) is 0 Å². The first-order chi connectivity index (χ1) is 11.0. The summed E-state index contributed by atoms with van der Waals surface area (Å²) in [5, 5.41) is 10.7. The van der Waals surface area contributed by atoms with Crippen LogP contribution >= 0.6 is 11.6 Å². The molecule has 0 aliphatic rings. The van der Waals surface area contributed by atoms with Crippen LogP contribution in [-0.2, 0) is 17.6 Å². The SMILES string of the molecule is CCCCCCc1c(C)c(CCCl)c(C)c(C(=O)OCC)c1O. The van der Waals surface area contributed by atoms with Gasteiger partial charge in [-0.15, -0.1) is 11.6 Å². The van der Waals surface area contributed by atoms with Gasteiger partial charge in [0.2, 0.25) is 0 Å². The standard InChI is InChI=1S/C19H29ClO3/c1-5-7-8-9-10-16-13(3)15(11-12-20)14(4)17(18(16)21)19(22)23-6-2/h21H,5-12H2,1-4H3. The molecule has 1 aromatic rings. The van der Waals surface area contributed by atoms with E-state index in [1.54, 1.807) is 6.92 Å². The summed E-state index contributed by atoms with van der Waals surface area (Å²) >= 11 is 5.93. The lowest BCUT2D eigenvalue weighted by Crippen LogP contribution is -2.12. The highest BCUT2D eigenvalue weighted by molar-refractivity contribution is 6.18. The zero-order valence-electron chi connectivity index (χ0n) is 14.8. The van der Waals surface area contributed by atoms with E-state index in [0.717, 1.165) is 41.5 Å². The molecule has 23 heavy (non-hydrogen) atoms. The average molecular weight is 341 g/mol. The number of hydrogen-bond donors (Lipinski definition) is 1. The highest BCUT2D eigenvalue weighted by Crippen LogP contribution is 2.35. The fourth-order valence-electron chi connectivity index (χ4n) is 3.08. The molecule has 0 fully saturated rings. The van der Waals surface area contributed by atoms with Crippen LogP contribution in [0.1, 0.15) is 72.1 Å². The molecular formula is C19H29ClO3. The van der Waals surface area contributed by atoms with Gasteiger partial charge in [0.25, 0.3) is 0 Å². The molecule has 1 rings (SSSR count). The molecule has 0 aliphatic heterocycles. The van der Waals surface area contributed by atoms with E-state index in [1.807, 2.05) is 13.8 Å². The maximum Gasteiger partial charge on any atom is 0.342 e. The van der Waals surface area contributed by atoms with E-state index in [2.05, 4.69) is 6.92 Å².